The molecule has 1 aromatic carbocycles. The lowest BCUT2D eigenvalue weighted by molar-refractivity contribution is -0.143. The highest BCUT2D eigenvalue weighted by Gasteiger charge is 2.49. The fourth-order valence-corrected chi connectivity index (χ4v) is 4.08. The Morgan fingerprint density at radius 2 is 2.04 bits per heavy atom. The van der Waals surface area contributed by atoms with Gasteiger partial charge in [0.05, 0.1) is 16.1 Å². The van der Waals surface area contributed by atoms with Gasteiger partial charge in [0.2, 0.25) is 0 Å². The minimum atomic E-state index is -0.995. The number of hydrogen-bond acceptors (Lipinski definition) is 4. The molecule has 5 nitrogen and oxygen atoms in total. The van der Waals surface area contributed by atoms with E-state index in [0.29, 0.717) is 36.9 Å². The minimum absolute atomic E-state index is 0.254. The van der Waals surface area contributed by atoms with Gasteiger partial charge in [0.15, 0.2) is 0 Å². The van der Waals surface area contributed by atoms with E-state index in [-0.39, 0.29) is 10.4 Å². The molecule has 126 valence electrons. The first-order valence-electron chi connectivity index (χ1n) is 7.61. The third-order valence-electron chi connectivity index (χ3n) is 5.00. The van der Waals surface area contributed by atoms with E-state index in [1.807, 2.05) is 0 Å². The van der Waals surface area contributed by atoms with Crippen LogP contribution in [0.1, 0.15) is 24.4 Å². The highest BCUT2D eigenvalue weighted by atomic mass is 35.5. The Labute approximate surface area is 144 Å². The van der Waals surface area contributed by atoms with Crippen molar-refractivity contribution in [1.82, 2.24) is 4.90 Å². The van der Waals surface area contributed by atoms with Crippen LogP contribution in [0.5, 0.6) is 0 Å². The van der Waals surface area contributed by atoms with Crippen LogP contribution >= 0.6 is 23.2 Å². The number of carboxylic acids is 1. The molecule has 2 fully saturated rings. The largest absolute Gasteiger partial charge is 0.480 e. The number of aliphatic carboxylic acids is 1. The number of aliphatic hydroxyl groups is 1. The van der Waals surface area contributed by atoms with E-state index in [4.69, 9.17) is 27.9 Å². The Hall–Kier alpha value is -0.850. The lowest BCUT2D eigenvalue weighted by atomic mass is 9.77. The van der Waals surface area contributed by atoms with Crippen LogP contribution < -0.4 is 0 Å². The number of likely N-dealkylation sites (tertiary alicyclic amines) is 1. The van der Waals surface area contributed by atoms with Crippen molar-refractivity contribution < 1.29 is 19.7 Å². The first-order chi connectivity index (χ1) is 10.9. The minimum Gasteiger partial charge on any atom is -0.480 e. The topological polar surface area (TPSA) is 70.0 Å². The van der Waals surface area contributed by atoms with Crippen LogP contribution in [0.3, 0.4) is 0 Å². The molecule has 3 rings (SSSR count). The third kappa shape index (κ3) is 3.08. The van der Waals surface area contributed by atoms with Crippen molar-refractivity contribution in [2.24, 2.45) is 5.41 Å². The monoisotopic (exact) mass is 359 g/mol. The summed E-state index contributed by atoms with van der Waals surface area (Å²) in [6.07, 6.45) is 0.909. The molecular formula is C16H19Cl2NO4. The highest BCUT2D eigenvalue weighted by molar-refractivity contribution is 6.42. The average molecular weight is 360 g/mol. The molecule has 1 spiro atoms. The van der Waals surface area contributed by atoms with Gasteiger partial charge >= 0.3 is 5.97 Å². The standard InChI is InChI=1S/C16H19Cl2NO4/c17-11-3-1-2-10(13(11)18)14(15(21)22)19-8-12(20)16(9-19)4-6-23-7-5-16/h1-3,12,14,20H,4-9H2,(H,21,22). The van der Waals surface area contributed by atoms with Crippen LogP contribution in [-0.2, 0) is 9.53 Å². The lowest BCUT2D eigenvalue weighted by Gasteiger charge is -2.36. The Balaban J connectivity index is 1.91. The summed E-state index contributed by atoms with van der Waals surface area (Å²) in [4.78, 5) is 13.7. The second-order valence-electron chi connectivity index (χ2n) is 6.30. The normalized spacial score (nSPS) is 25.6. The number of carboxylic acid groups (broad SMARTS) is 1. The summed E-state index contributed by atoms with van der Waals surface area (Å²) in [6, 6.07) is 4.08. The third-order valence-corrected chi connectivity index (χ3v) is 5.83. The molecule has 2 saturated heterocycles. The number of β-amino-alcohol motifs (C(OH)–C–C–N with tert-alkyl or cyclic N) is 1. The number of hydrogen-bond donors (Lipinski definition) is 2. The van der Waals surface area contributed by atoms with E-state index in [0.717, 1.165) is 12.8 Å². The number of ether oxygens (including phenoxy) is 1. The summed E-state index contributed by atoms with van der Waals surface area (Å²) in [5, 5.41) is 20.8. The number of halogens is 2. The molecule has 2 unspecified atom stereocenters. The second-order valence-corrected chi connectivity index (χ2v) is 7.09. The molecule has 2 atom stereocenters. The van der Waals surface area contributed by atoms with Gasteiger partial charge in [0.25, 0.3) is 0 Å². The molecule has 0 aliphatic carbocycles. The van der Waals surface area contributed by atoms with E-state index in [1.54, 1.807) is 23.1 Å². The maximum atomic E-state index is 11.9. The summed E-state index contributed by atoms with van der Waals surface area (Å²) in [5.41, 5.74) is 0.166. The molecule has 23 heavy (non-hydrogen) atoms. The molecule has 0 saturated carbocycles. The van der Waals surface area contributed by atoms with Crippen molar-refractivity contribution in [3.05, 3.63) is 33.8 Å². The van der Waals surface area contributed by atoms with Crippen molar-refractivity contribution in [2.45, 2.75) is 25.0 Å². The van der Waals surface area contributed by atoms with Gasteiger partial charge in [0.1, 0.15) is 6.04 Å². The van der Waals surface area contributed by atoms with Crippen molar-refractivity contribution in [1.29, 1.82) is 0 Å². The van der Waals surface area contributed by atoms with Crippen LogP contribution in [0.25, 0.3) is 0 Å². The number of carbonyl (C=O) groups is 1. The molecule has 0 bridgehead atoms. The van der Waals surface area contributed by atoms with Crippen LogP contribution in [0.4, 0.5) is 0 Å². The summed E-state index contributed by atoms with van der Waals surface area (Å²) < 4.78 is 5.38. The van der Waals surface area contributed by atoms with E-state index in [2.05, 4.69) is 0 Å². The molecule has 2 aliphatic rings. The fourth-order valence-electron chi connectivity index (χ4n) is 3.67. The number of aliphatic hydroxyl groups excluding tert-OH is 1. The van der Waals surface area contributed by atoms with E-state index < -0.39 is 18.1 Å². The predicted molar refractivity (Wildman–Crippen MR) is 86.9 cm³/mol. The summed E-state index contributed by atoms with van der Waals surface area (Å²) in [6.45, 7) is 2.01. The smallest absolute Gasteiger partial charge is 0.325 e. The molecule has 1 aromatic rings. The quantitative estimate of drug-likeness (QED) is 0.867. The zero-order valence-electron chi connectivity index (χ0n) is 12.5. The summed E-state index contributed by atoms with van der Waals surface area (Å²) in [5.74, 6) is -0.995. The van der Waals surface area contributed by atoms with Gasteiger partial charge in [-0.25, -0.2) is 0 Å². The van der Waals surface area contributed by atoms with Gasteiger partial charge in [-0.3, -0.25) is 9.69 Å². The van der Waals surface area contributed by atoms with Gasteiger partial charge in [-0.1, -0.05) is 35.3 Å². The van der Waals surface area contributed by atoms with Crippen LogP contribution in [0, 0.1) is 5.41 Å². The van der Waals surface area contributed by atoms with Crippen LogP contribution in [0.2, 0.25) is 10.0 Å². The van der Waals surface area contributed by atoms with Crippen molar-refractivity contribution in [3.8, 4) is 0 Å². The SMILES string of the molecule is O=C(O)C(c1cccc(Cl)c1Cl)N1CC(O)C2(CCOCC2)C1. The summed E-state index contributed by atoms with van der Waals surface area (Å²) >= 11 is 12.3. The molecule has 7 heteroatoms. The Bertz CT molecular complexity index is 604. The van der Waals surface area contributed by atoms with Crippen molar-refractivity contribution in [2.75, 3.05) is 26.3 Å². The molecule has 0 radical (unpaired) electrons. The maximum absolute atomic E-state index is 11.9. The molecule has 2 heterocycles. The number of nitrogens with zero attached hydrogens (tertiary/aromatic N) is 1. The highest BCUT2D eigenvalue weighted by Crippen LogP contribution is 2.44. The molecular weight excluding hydrogens is 341 g/mol. The first kappa shape index (κ1) is 17.0. The van der Waals surface area contributed by atoms with Crippen LogP contribution in [-0.4, -0.2) is 53.5 Å². The van der Waals surface area contributed by atoms with Crippen LogP contribution in [0.15, 0.2) is 18.2 Å². The van der Waals surface area contributed by atoms with Gasteiger partial charge in [-0.15, -0.1) is 0 Å². The van der Waals surface area contributed by atoms with E-state index >= 15 is 0 Å². The second kappa shape index (κ2) is 6.57. The molecule has 0 aromatic heterocycles. The van der Waals surface area contributed by atoms with E-state index in [9.17, 15) is 15.0 Å². The maximum Gasteiger partial charge on any atom is 0.325 e. The van der Waals surface area contributed by atoms with E-state index in [1.165, 1.54) is 0 Å². The lowest BCUT2D eigenvalue weighted by Crippen LogP contribution is -2.40. The molecule has 0 amide bonds. The summed E-state index contributed by atoms with van der Waals surface area (Å²) in [7, 11) is 0. The predicted octanol–water partition coefficient (Wildman–Crippen LogP) is 2.59. The van der Waals surface area contributed by atoms with Gasteiger partial charge in [-0.2, -0.15) is 0 Å². The average Bonchev–Trinajstić information content (AvgIpc) is 2.80. The Morgan fingerprint density at radius 1 is 1.35 bits per heavy atom. The first-order valence-corrected chi connectivity index (χ1v) is 8.37. The van der Waals surface area contributed by atoms with Crippen molar-refractivity contribution >= 4 is 29.2 Å². The molecule has 2 N–H and O–H groups in total. The zero-order chi connectivity index (χ0) is 16.6. The Morgan fingerprint density at radius 3 is 2.70 bits per heavy atom. The van der Waals surface area contributed by atoms with Crippen molar-refractivity contribution in [3.63, 3.8) is 0 Å². The fraction of sp³-hybridized carbons (Fsp3) is 0.562. The Kier molecular flexibility index (Phi) is 4.85. The number of benzene rings is 1. The number of rotatable bonds is 3. The van der Waals surface area contributed by atoms with Gasteiger partial charge in [-0.05, 0) is 18.9 Å². The molecule has 2 aliphatic heterocycles. The zero-order valence-corrected chi connectivity index (χ0v) is 14.1. The van der Waals surface area contributed by atoms with Gasteiger partial charge in [0, 0.05) is 37.3 Å². The van der Waals surface area contributed by atoms with Gasteiger partial charge < -0.3 is 14.9 Å².